The summed E-state index contributed by atoms with van der Waals surface area (Å²) in [7, 11) is -3.42. The van der Waals surface area contributed by atoms with Gasteiger partial charge in [-0.05, 0) is 60.2 Å². The van der Waals surface area contributed by atoms with E-state index in [-0.39, 0.29) is 12.8 Å². The van der Waals surface area contributed by atoms with Crippen LogP contribution in [0.15, 0.2) is 16.6 Å². The van der Waals surface area contributed by atoms with Crippen molar-refractivity contribution in [3.63, 3.8) is 0 Å². The summed E-state index contributed by atoms with van der Waals surface area (Å²) in [6.45, 7) is 0.871. The van der Waals surface area contributed by atoms with Crippen LogP contribution in [0, 0.1) is 0 Å². The molecule has 1 aliphatic heterocycles. The zero-order valence-corrected chi connectivity index (χ0v) is 17.0. The maximum atomic E-state index is 11.1. The number of ether oxygens (including phenoxy) is 1. The number of rotatable bonds is 6. The fraction of sp³-hybridized carbons (Fsp3) is 0.562. The van der Waals surface area contributed by atoms with E-state index in [2.05, 4.69) is 15.9 Å². The molecule has 6 nitrogen and oxygen atoms in total. The van der Waals surface area contributed by atoms with E-state index in [9.17, 15) is 8.42 Å². The molecule has 0 spiro atoms. The Kier molecular flexibility index (Phi) is 6.05. The highest BCUT2D eigenvalue weighted by molar-refractivity contribution is 9.10. The van der Waals surface area contributed by atoms with E-state index in [0.717, 1.165) is 53.2 Å². The predicted octanol–water partition coefficient (Wildman–Crippen LogP) is 4.06. The van der Waals surface area contributed by atoms with Gasteiger partial charge in [-0.3, -0.25) is 4.18 Å². The number of nitrogens with zero attached hydrogens (tertiary/aromatic N) is 2. The number of halogens is 2. The van der Waals surface area contributed by atoms with Gasteiger partial charge in [0.25, 0.3) is 10.1 Å². The van der Waals surface area contributed by atoms with Crippen LogP contribution in [0.3, 0.4) is 0 Å². The van der Waals surface area contributed by atoms with Gasteiger partial charge in [-0.1, -0.05) is 11.6 Å². The Bertz CT molecular complexity index is 863. The topological polar surface area (TPSA) is 70.4 Å². The first kappa shape index (κ1) is 19.1. The van der Waals surface area contributed by atoms with Gasteiger partial charge in [0.2, 0.25) is 0 Å². The van der Waals surface area contributed by atoms with Gasteiger partial charge >= 0.3 is 0 Å². The summed E-state index contributed by atoms with van der Waals surface area (Å²) in [6, 6.07) is 3.85. The Hall–Kier alpha value is -0.670. The molecule has 25 heavy (non-hydrogen) atoms. The Labute approximate surface area is 160 Å². The van der Waals surface area contributed by atoms with Gasteiger partial charge < -0.3 is 4.74 Å². The molecule has 0 radical (unpaired) electrons. The molecule has 1 aromatic heterocycles. The standard InChI is InChI=1S/C16H20BrClN2O4S/c1-25(21,22)24-8-4-5-14-11-9-12(17)13(18)10-15(11)20(19-14)16-6-2-3-7-23-16/h9-10,16H,2-8H2,1H3. The summed E-state index contributed by atoms with van der Waals surface area (Å²) >= 11 is 9.73. The van der Waals surface area contributed by atoms with E-state index in [1.165, 1.54) is 0 Å². The highest BCUT2D eigenvalue weighted by Gasteiger charge is 2.21. The minimum absolute atomic E-state index is 0.0884. The molecule has 3 rings (SSSR count). The second-order valence-corrected chi connectivity index (χ2v) is 9.03. The fourth-order valence-electron chi connectivity index (χ4n) is 2.97. The van der Waals surface area contributed by atoms with Crippen LogP contribution < -0.4 is 0 Å². The largest absolute Gasteiger partial charge is 0.356 e. The van der Waals surface area contributed by atoms with Crippen LogP contribution in [0.5, 0.6) is 0 Å². The maximum Gasteiger partial charge on any atom is 0.264 e. The van der Waals surface area contributed by atoms with Gasteiger partial charge in [0, 0.05) is 16.5 Å². The third-order valence-electron chi connectivity index (χ3n) is 4.11. The van der Waals surface area contributed by atoms with Gasteiger partial charge in [-0.15, -0.1) is 0 Å². The summed E-state index contributed by atoms with van der Waals surface area (Å²) in [4.78, 5) is 0. The molecule has 9 heteroatoms. The van der Waals surface area contributed by atoms with Crippen molar-refractivity contribution in [1.29, 1.82) is 0 Å². The number of benzene rings is 1. The van der Waals surface area contributed by atoms with E-state index in [0.29, 0.717) is 17.9 Å². The molecule has 2 aromatic rings. The van der Waals surface area contributed by atoms with Crippen molar-refractivity contribution in [2.45, 2.75) is 38.3 Å². The van der Waals surface area contributed by atoms with Gasteiger partial charge in [0.1, 0.15) is 0 Å². The average Bonchev–Trinajstić information content (AvgIpc) is 2.90. The fourth-order valence-corrected chi connectivity index (χ4v) is 3.89. The molecule has 1 saturated heterocycles. The third kappa shape index (κ3) is 4.74. The van der Waals surface area contributed by atoms with Crippen molar-refractivity contribution >= 4 is 48.6 Å². The third-order valence-corrected chi connectivity index (χ3v) is 5.90. The lowest BCUT2D eigenvalue weighted by Crippen LogP contribution is -2.19. The van der Waals surface area contributed by atoms with Crippen LogP contribution >= 0.6 is 27.5 Å². The molecule has 1 aromatic carbocycles. The summed E-state index contributed by atoms with van der Waals surface area (Å²) in [6.07, 6.45) is 5.23. The predicted molar refractivity (Wildman–Crippen MR) is 100 cm³/mol. The number of aromatic nitrogens is 2. The van der Waals surface area contributed by atoms with Gasteiger partial charge in [0.05, 0.1) is 29.1 Å². The molecule has 1 atom stereocenters. The Morgan fingerprint density at radius 3 is 2.92 bits per heavy atom. The van der Waals surface area contributed by atoms with Crippen molar-refractivity contribution in [2.75, 3.05) is 19.5 Å². The second-order valence-electron chi connectivity index (χ2n) is 6.13. The normalized spacial score (nSPS) is 18.8. The second kappa shape index (κ2) is 7.92. The van der Waals surface area contributed by atoms with E-state index in [4.69, 9.17) is 25.6 Å². The molecule has 1 aliphatic rings. The molecule has 138 valence electrons. The molecule has 0 N–H and O–H groups in total. The highest BCUT2D eigenvalue weighted by atomic mass is 79.9. The van der Waals surface area contributed by atoms with E-state index in [1.807, 2.05) is 16.8 Å². The molecular formula is C16H20BrClN2O4S. The lowest BCUT2D eigenvalue weighted by atomic mass is 10.1. The van der Waals surface area contributed by atoms with Crippen molar-refractivity contribution in [1.82, 2.24) is 9.78 Å². The van der Waals surface area contributed by atoms with Gasteiger partial charge in [-0.25, -0.2) is 4.68 Å². The summed E-state index contributed by atoms with van der Waals surface area (Å²) in [5, 5.41) is 6.35. The monoisotopic (exact) mass is 450 g/mol. The molecular weight excluding hydrogens is 432 g/mol. The van der Waals surface area contributed by atoms with Crippen molar-refractivity contribution < 1.29 is 17.3 Å². The highest BCUT2D eigenvalue weighted by Crippen LogP contribution is 2.34. The minimum Gasteiger partial charge on any atom is -0.356 e. The zero-order chi connectivity index (χ0) is 18.0. The Morgan fingerprint density at radius 1 is 1.44 bits per heavy atom. The summed E-state index contributed by atoms with van der Waals surface area (Å²) < 4.78 is 35.5. The average molecular weight is 452 g/mol. The first-order chi connectivity index (χ1) is 11.8. The summed E-state index contributed by atoms with van der Waals surface area (Å²) in [5.41, 5.74) is 1.82. The first-order valence-electron chi connectivity index (χ1n) is 8.17. The molecule has 0 saturated carbocycles. The molecule has 0 bridgehead atoms. The quantitative estimate of drug-likeness (QED) is 0.489. The van der Waals surface area contributed by atoms with E-state index < -0.39 is 10.1 Å². The van der Waals surface area contributed by atoms with Gasteiger partial charge in [0.15, 0.2) is 6.23 Å². The Morgan fingerprint density at radius 2 is 2.24 bits per heavy atom. The minimum atomic E-state index is -3.42. The molecule has 1 unspecified atom stereocenters. The lowest BCUT2D eigenvalue weighted by molar-refractivity contribution is -0.0368. The van der Waals surface area contributed by atoms with Crippen LogP contribution in [0.2, 0.25) is 5.02 Å². The van der Waals surface area contributed by atoms with Gasteiger partial charge in [-0.2, -0.15) is 13.5 Å². The number of fused-ring (bicyclic) bond motifs is 1. The van der Waals surface area contributed by atoms with E-state index in [1.54, 1.807) is 0 Å². The Balaban J connectivity index is 1.87. The molecule has 0 amide bonds. The molecule has 0 aliphatic carbocycles. The SMILES string of the molecule is CS(=O)(=O)OCCCc1nn(C2CCCCO2)c2cc(Cl)c(Br)cc12. The molecule has 1 fully saturated rings. The number of hydrogen-bond donors (Lipinski definition) is 0. The lowest BCUT2D eigenvalue weighted by Gasteiger charge is -2.23. The number of aryl methyl sites for hydroxylation is 1. The van der Waals surface area contributed by atoms with Crippen LogP contribution in [0.1, 0.15) is 37.6 Å². The smallest absolute Gasteiger partial charge is 0.264 e. The van der Waals surface area contributed by atoms with Crippen LogP contribution in [0.4, 0.5) is 0 Å². The van der Waals surface area contributed by atoms with Crippen molar-refractivity contribution in [2.24, 2.45) is 0 Å². The number of hydrogen-bond acceptors (Lipinski definition) is 5. The maximum absolute atomic E-state index is 11.1. The zero-order valence-electron chi connectivity index (χ0n) is 13.9. The first-order valence-corrected chi connectivity index (χ1v) is 11.2. The van der Waals surface area contributed by atoms with E-state index >= 15 is 0 Å². The summed E-state index contributed by atoms with van der Waals surface area (Å²) in [5.74, 6) is 0. The van der Waals surface area contributed by atoms with Crippen LogP contribution in [0.25, 0.3) is 10.9 Å². The van der Waals surface area contributed by atoms with Crippen LogP contribution in [-0.4, -0.2) is 37.7 Å². The van der Waals surface area contributed by atoms with Crippen molar-refractivity contribution in [3.05, 3.63) is 27.3 Å². The molecule has 2 heterocycles. The van der Waals surface area contributed by atoms with Crippen LogP contribution in [-0.2, 0) is 25.5 Å². The van der Waals surface area contributed by atoms with Crippen molar-refractivity contribution in [3.8, 4) is 0 Å².